The van der Waals surface area contributed by atoms with Gasteiger partial charge in [-0.3, -0.25) is 9.90 Å². The van der Waals surface area contributed by atoms with E-state index in [1.807, 2.05) is 36.4 Å². The molecule has 0 spiro atoms. The smallest absolute Gasteiger partial charge is 0.251 e. The number of nitrogens with one attached hydrogen (secondary N) is 1. The molecule has 0 aliphatic heterocycles. The molecule has 3 heteroatoms. The summed E-state index contributed by atoms with van der Waals surface area (Å²) in [7, 11) is 1.55. The van der Waals surface area contributed by atoms with Crippen LogP contribution in [0, 0.1) is 0 Å². The van der Waals surface area contributed by atoms with Crippen molar-refractivity contribution in [3.05, 3.63) is 54.1 Å². The van der Waals surface area contributed by atoms with Gasteiger partial charge in [-0.25, -0.2) is 0 Å². The van der Waals surface area contributed by atoms with Gasteiger partial charge in [-0.1, -0.05) is 24.3 Å². The van der Waals surface area contributed by atoms with E-state index in [4.69, 9.17) is 0 Å². The molecule has 0 fully saturated rings. The fourth-order valence-corrected chi connectivity index (χ4v) is 2.29. The van der Waals surface area contributed by atoms with Gasteiger partial charge in [0.1, 0.15) is 0 Å². The normalized spacial score (nSPS) is 10.8. The van der Waals surface area contributed by atoms with Crippen molar-refractivity contribution in [1.29, 1.82) is 0 Å². The Morgan fingerprint density at radius 1 is 0.947 bits per heavy atom. The van der Waals surface area contributed by atoms with Gasteiger partial charge in [-0.05, 0) is 40.4 Å². The highest BCUT2D eigenvalue weighted by atomic mass is 16.3. The molecule has 19 heavy (non-hydrogen) atoms. The minimum atomic E-state index is -0.243. The maximum Gasteiger partial charge on any atom is 0.251 e. The zero-order valence-corrected chi connectivity index (χ0v) is 10.4. The monoisotopic (exact) mass is 250 g/mol. The molecule has 0 aromatic heterocycles. The van der Waals surface area contributed by atoms with Crippen LogP contribution in [-0.4, -0.2) is 13.0 Å². The molecule has 0 heterocycles. The molecule has 0 unspecified atom stereocenters. The van der Waals surface area contributed by atoms with Crippen LogP contribution in [0.5, 0.6) is 5.75 Å². The van der Waals surface area contributed by atoms with Crippen molar-refractivity contribution in [2.24, 2.45) is 0 Å². The molecule has 0 atom stereocenters. The molecule has 3 rings (SSSR count). The van der Waals surface area contributed by atoms with Crippen LogP contribution in [0.1, 0.15) is 10.4 Å². The van der Waals surface area contributed by atoms with E-state index in [-0.39, 0.29) is 11.7 Å². The lowest BCUT2D eigenvalue weighted by atomic mass is 10.0. The van der Waals surface area contributed by atoms with E-state index in [1.165, 1.54) is 6.07 Å². The number of benzene rings is 3. The summed E-state index contributed by atoms with van der Waals surface area (Å²) >= 11 is 0. The van der Waals surface area contributed by atoms with Crippen molar-refractivity contribution >= 4 is 27.5 Å². The number of rotatable bonds is 1. The zero-order chi connectivity index (χ0) is 13.4. The van der Waals surface area contributed by atoms with Gasteiger partial charge < -0.3 is 5.32 Å². The van der Waals surface area contributed by atoms with E-state index in [2.05, 4.69) is 5.32 Å². The van der Waals surface area contributed by atoms with Crippen molar-refractivity contribution in [2.45, 2.75) is 0 Å². The van der Waals surface area contributed by atoms with E-state index in [0.717, 1.165) is 16.2 Å². The molecule has 1 radical (unpaired) electrons. The first kappa shape index (κ1) is 11.5. The van der Waals surface area contributed by atoms with E-state index >= 15 is 0 Å². The number of carbonyl (C=O) groups excluding carboxylic acids is 1. The molecule has 0 saturated carbocycles. The molecule has 3 nitrogen and oxygen atoms in total. The average molecular weight is 250 g/mol. The molecule has 3 aromatic rings. The van der Waals surface area contributed by atoms with Crippen LogP contribution >= 0.6 is 0 Å². The van der Waals surface area contributed by atoms with Crippen LogP contribution in [0.25, 0.3) is 21.5 Å². The summed E-state index contributed by atoms with van der Waals surface area (Å²) in [5.41, 5.74) is 0.398. The lowest BCUT2D eigenvalue weighted by Crippen LogP contribution is -2.17. The van der Waals surface area contributed by atoms with Crippen LogP contribution in [-0.2, 0) is 5.11 Å². The van der Waals surface area contributed by atoms with Crippen molar-refractivity contribution in [1.82, 2.24) is 5.32 Å². The lowest BCUT2D eigenvalue weighted by Gasteiger charge is -2.06. The molecule has 3 aromatic carbocycles. The van der Waals surface area contributed by atoms with Crippen molar-refractivity contribution in [3.63, 3.8) is 0 Å². The number of hydrogen-bond donors (Lipinski definition) is 1. The predicted molar refractivity (Wildman–Crippen MR) is 75.0 cm³/mol. The summed E-state index contributed by atoms with van der Waals surface area (Å²) in [5.74, 6) is -0.367. The molecule has 93 valence electrons. The largest absolute Gasteiger partial charge is 0.355 e. The van der Waals surface area contributed by atoms with Gasteiger partial charge in [-0.2, -0.15) is 0 Å². The number of fused-ring (bicyclic) bond motifs is 2. The lowest BCUT2D eigenvalue weighted by molar-refractivity contribution is 0.0962. The fraction of sp³-hybridized carbons (Fsp3) is 0.0625. The molecule has 0 saturated heterocycles. The van der Waals surface area contributed by atoms with Crippen LogP contribution < -0.4 is 5.32 Å². The Bertz CT molecular complexity index is 793. The third-order valence-electron chi connectivity index (χ3n) is 3.27. The summed E-state index contributed by atoms with van der Waals surface area (Å²) in [5, 5.41) is 18.1. The second-order valence-corrected chi connectivity index (χ2v) is 4.47. The molecular formula is C16H12NO2. The highest BCUT2D eigenvalue weighted by Gasteiger charge is 2.10. The van der Waals surface area contributed by atoms with Gasteiger partial charge in [0.15, 0.2) is 5.75 Å². The molecule has 0 aliphatic rings. The number of hydrogen-bond acceptors (Lipinski definition) is 1. The maximum absolute atomic E-state index is 12.1. The molecule has 0 aliphatic carbocycles. The SMILES string of the molecule is CNC(=O)c1cc([O])c2cc3ccccc3cc2c1. The summed E-state index contributed by atoms with van der Waals surface area (Å²) in [6.45, 7) is 0. The predicted octanol–water partition coefficient (Wildman–Crippen LogP) is 3.50. The summed E-state index contributed by atoms with van der Waals surface area (Å²) < 4.78 is 0. The van der Waals surface area contributed by atoms with Crippen LogP contribution in [0.4, 0.5) is 0 Å². The second-order valence-electron chi connectivity index (χ2n) is 4.47. The minimum Gasteiger partial charge on any atom is -0.355 e. The van der Waals surface area contributed by atoms with Crippen molar-refractivity contribution in [3.8, 4) is 5.75 Å². The Kier molecular flexibility index (Phi) is 2.60. The topological polar surface area (TPSA) is 49.0 Å². The molecular weight excluding hydrogens is 238 g/mol. The van der Waals surface area contributed by atoms with Gasteiger partial charge in [0.2, 0.25) is 0 Å². The van der Waals surface area contributed by atoms with Gasteiger partial charge in [0, 0.05) is 18.0 Å². The standard InChI is InChI=1S/C16H12NO2/c1-17-16(19)13-7-12-6-10-4-2-3-5-11(10)8-14(12)15(18)9-13/h2-9H,1H3,(H,17,19). The van der Waals surface area contributed by atoms with E-state index in [0.29, 0.717) is 10.9 Å². The van der Waals surface area contributed by atoms with Crippen LogP contribution in [0.15, 0.2) is 48.5 Å². The summed E-state index contributed by atoms with van der Waals surface area (Å²) in [6.07, 6.45) is 0. The Morgan fingerprint density at radius 2 is 1.63 bits per heavy atom. The first-order valence-corrected chi connectivity index (χ1v) is 6.04. The first-order valence-electron chi connectivity index (χ1n) is 6.04. The number of amides is 1. The quantitative estimate of drug-likeness (QED) is 0.660. The Hall–Kier alpha value is -2.55. The van der Waals surface area contributed by atoms with Gasteiger partial charge in [0.05, 0.1) is 0 Å². The summed E-state index contributed by atoms with van der Waals surface area (Å²) in [4.78, 5) is 11.6. The first-order chi connectivity index (χ1) is 9.19. The Morgan fingerprint density at radius 3 is 2.32 bits per heavy atom. The number of carbonyl (C=O) groups is 1. The van der Waals surface area contributed by atoms with Crippen LogP contribution in [0.2, 0.25) is 0 Å². The Labute approximate surface area is 110 Å². The zero-order valence-electron chi connectivity index (χ0n) is 10.4. The van der Waals surface area contributed by atoms with Gasteiger partial charge in [-0.15, -0.1) is 0 Å². The maximum atomic E-state index is 12.1. The highest BCUT2D eigenvalue weighted by molar-refractivity contribution is 6.05. The molecule has 1 N–H and O–H groups in total. The second kappa shape index (κ2) is 4.28. The van der Waals surface area contributed by atoms with Crippen molar-refractivity contribution in [2.75, 3.05) is 7.05 Å². The third-order valence-corrected chi connectivity index (χ3v) is 3.27. The molecule has 1 amide bonds. The van der Waals surface area contributed by atoms with E-state index in [1.54, 1.807) is 13.1 Å². The third kappa shape index (κ3) is 1.89. The van der Waals surface area contributed by atoms with Gasteiger partial charge in [0.25, 0.3) is 5.91 Å². The highest BCUT2D eigenvalue weighted by Crippen LogP contribution is 2.31. The van der Waals surface area contributed by atoms with E-state index < -0.39 is 0 Å². The Balaban J connectivity index is 2.34. The minimum absolute atomic E-state index is 0.123. The fourth-order valence-electron chi connectivity index (χ4n) is 2.29. The van der Waals surface area contributed by atoms with Crippen molar-refractivity contribution < 1.29 is 9.90 Å². The van der Waals surface area contributed by atoms with Gasteiger partial charge >= 0.3 is 0 Å². The summed E-state index contributed by atoms with van der Waals surface area (Å²) in [6, 6.07) is 14.8. The van der Waals surface area contributed by atoms with E-state index in [9.17, 15) is 9.90 Å². The molecule has 0 bridgehead atoms. The van der Waals surface area contributed by atoms with Crippen LogP contribution in [0.3, 0.4) is 0 Å². The average Bonchev–Trinajstić information content (AvgIpc) is 2.44.